The van der Waals surface area contributed by atoms with E-state index in [1.165, 1.54) is 6.08 Å². The van der Waals surface area contributed by atoms with Crippen LogP contribution in [0, 0.1) is 5.92 Å². The molecule has 0 aromatic heterocycles. The molecule has 158 valence electrons. The summed E-state index contributed by atoms with van der Waals surface area (Å²) in [6.45, 7) is 7.43. The van der Waals surface area contributed by atoms with E-state index in [2.05, 4.69) is 29.8 Å². The minimum atomic E-state index is -0.345. The lowest BCUT2D eigenvalue weighted by molar-refractivity contribution is -0.137. The molecule has 0 unspecified atom stereocenters. The van der Waals surface area contributed by atoms with Gasteiger partial charge in [0, 0.05) is 44.8 Å². The molecule has 0 fully saturated rings. The van der Waals surface area contributed by atoms with Crippen molar-refractivity contribution >= 4 is 21.9 Å². The second-order valence-electron chi connectivity index (χ2n) is 6.42. The van der Waals surface area contributed by atoms with Crippen LogP contribution in [-0.4, -0.2) is 46.1 Å². The SMILES string of the molecule is CCOC(=O)C=CC[C@H](Oc1cc(OCCCOC)c(OC)cc1Br)C(C)C. The smallest absolute Gasteiger partial charge is 0.330 e. The van der Waals surface area contributed by atoms with Crippen LogP contribution < -0.4 is 14.2 Å². The second kappa shape index (κ2) is 13.4. The van der Waals surface area contributed by atoms with E-state index in [0.717, 1.165) is 10.9 Å². The highest BCUT2D eigenvalue weighted by atomic mass is 79.9. The Kier molecular flexibility index (Phi) is 11.7. The van der Waals surface area contributed by atoms with Crippen LogP contribution in [0.15, 0.2) is 28.8 Å². The van der Waals surface area contributed by atoms with Gasteiger partial charge < -0.3 is 23.7 Å². The summed E-state index contributed by atoms with van der Waals surface area (Å²) in [7, 11) is 3.26. The van der Waals surface area contributed by atoms with Gasteiger partial charge in [0.05, 0.1) is 24.8 Å². The van der Waals surface area contributed by atoms with Crippen LogP contribution in [0.2, 0.25) is 0 Å². The maximum Gasteiger partial charge on any atom is 0.330 e. The van der Waals surface area contributed by atoms with Gasteiger partial charge in [-0.15, -0.1) is 0 Å². The van der Waals surface area contributed by atoms with Crippen LogP contribution in [0.3, 0.4) is 0 Å². The van der Waals surface area contributed by atoms with E-state index in [1.54, 1.807) is 27.2 Å². The van der Waals surface area contributed by atoms with Crippen molar-refractivity contribution in [3.8, 4) is 17.2 Å². The van der Waals surface area contributed by atoms with E-state index in [9.17, 15) is 4.79 Å². The van der Waals surface area contributed by atoms with E-state index in [4.69, 9.17) is 23.7 Å². The minimum absolute atomic E-state index is 0.114. The molecule has 0 saturated heterocycles. The average molecular weight is 459 g/mol. The minimum Gasteiger partial charge on any atom is -0.493 e. The topological polar surface area (TPSA) is 63.2 Å². The highest BCUT2D eigenvalue weighted by Gasteiger charge is 2.18. The third-order valence-corrected chi connectivity index (χ3v) is 4.52. The number of ether oxygens (including phenoxy) is 5. The van der Waals surface area contributed by atoms with Crippen molar-refractivity contribution in [2.75, 3.05) is 34.0 Å². The van der Waals surface area contributed by atoms with Crippen molar-refractivity contribution in [1.29, 1.82) is 0 Å². The molecule has 0 bridgehead atoms. The maximum atomic E-state index is 11.5. The molecule has 0 aliphatic rings. The van der Waals surface area contributed by atoms with Crippen LogP contribution in [0.5, 0.6) is 17.2 Å². The van der Waals surface area contributed by atoms with Gasteiger partial charge in [-0.2, -0.15) is 0 Å². The molecule has 1 rings (SSSR count). The molecule has 6 nitrogen and oxygen atoms in total. The summed E-state index contributed by atoms with van der Waals surface area (Å²) in [5.41, 5.74) is 0. The summed E-state index contributed by atoms with van der Waals surface area (Å²) in [5, 5.41) is 0. The van der Waals surface area contributed by atoms with E-state index >= 15 is 0 Å². The van der Waals surface area contributed by atoms with Crippen molar-refractivity contribution in [1.82, 2.24) is 0 Å². The Labute approximate surface area is 176 Å². The predicted octanol–water partition coefficient (Wildman–Crippen LogP) is 4.79. The fourth-order valence-electron chi connectivity index (χ4n) is 2.37. The molecule has 1 atom stereocenters. The molecule has 0 saturated carbocycles. The fourth-order valence-corrected chi connectivity index (χ4v) is 2.79. The third kappa shape index (κ3) is 8.52. The van der Waals surface area contributed by atoms with E-state index in [0.29, 0.717) is 43.5 Å². The van der Waals surface area contributed by atoms with Crippen LogP contribution in [0.25, 0.3) is 0 Å². The van der Waals surface area contributed by atoms with Crippen LogP contribution in [0.1, 0.15) is 33.6 Å². The van der Waals surface area contributed by atoms with Crippen LogP contribution in [0.4, 0.5) is 0 Å². The molecule has 0 heterocycles. The van der Waals surface area contributed by atoms with E-state index in [-0.39, 0.29) is 18.0 Å². The summed E-state index contributed by atoms with van der Waals surface area (Å²) in [5.74, 6) is 1.79. The number of halogens is 1. The number of hydrogen-bond acceptors (Lipinski definition) is 6. The lowest BCUT2D eigenvalue weighted by Crippen LogP contribution is -2.22. The Balaban J connectivity index is 2.88. The second-order valence-corrected chi connectivity index (χ2v) is 7.27. The predicted molar refractivity (Wildman–Crippen MR) is 112 cm³/mol. The monoisotopic (exact) mass is 458 g/mol. The van der Waals surface area contributed by atoms with Crippen LogP contribution >= 0.6 is 15.9 Å². The Morgan fingerprint density at radius 2 is 1.89 bits per heavy atom. The number of rotatable bonds is 13. The molecule has 1 aromatic carbocycles. The Hall–Kier alpha value is -1.73. The van der Waals surface area contributed by atoms with Crippen LogP contribution in [-0.2, 0) is 14.3 Å². The van der Waals surface area contributed by atoms with Gasteiger partial charge in [0.25, 0.3) is 0 Å². The van der Waals surface area contributed by atoms with Gasteiger partial charge in [0.1, 0.15) is 11.9 Å². The summed E-state index contributed by atoms with van der Waals surface area (Å²) in [4.78, 5) is 11.5. The first kappa shape index (κ1) is 24.3. The number of benzene rings is 1. The number of esters is 1. The quantitative estimate of drug-likeness (QED) is 0.240. The fraction of sp³-hybridized carbons (Fsp3) is 0.571. The van der Waals surface area contributed by atoms with Crippen molar-refractivity contribution in [2.45, 2.75) is 39.7 Å². The molecule has 0 N–H and O–H groups in total. The van der Waals surface area contributed by atoms with Gasteiger partial charge >= 0.3 is 5.97 Å². The van der Waals surface area contributed by atoms with Gasteiger partial charge in [-0.3, -0.25) is 0 Å². The molecule has 1 aromatic rings. The summed E-state index contributed by atoms with van der Waals surface area (Å²) < 4.78 is 28.2. The van der Waals surface area contributed by atoms with Crippen molar-refractivity contribution in [3.05, 3.63) is 28.8 Å². The molecule has 0 aliphatic heterocycles. The first-order valence-corrected chi connectivity index (χ1v) is 10.2. The highest BCUT2D eigenvalue weighted by molar-refractivity contribution is 9.10. The zero-order valence-corrected chi connectivity index (χ0v) is 18.9. The van der Waals surface area contributed by atoms with Gasteiger partial charge in [-0.1, -0.05) is 19.9 Å². The summed E-state index contributed by atoms with van der Waals surface area (Å²) in [6, 6.07) is 3.65. The van der Waals surface area contributed by atoms with Crippen molar-refractivity contribution in [2.24, 2.45) is 5.92 Å². The molecule has 28 heavy (non-hydrogen) atoms. The summed E-state index contributed by atoms with van der Waals surface area (Å²) in [6.07, 6.45) is 4.47. The van der Waals surface area contributed by atoms with E-state index < -0.39 is 0 Å². The number of carbonyl (C=O) groups excluding carboxylic acids is 1. The lowest BCUT2D eigenvalue weighted by atomic mass is 10.0. The standard InChI is InChI=1S/C21H31BrO6/c1-6-26-21(23)10-7-9-17(15(2)3)28-18-14-20(27-12-8-11-24-4)19(25-5)13-16(18)22/h7,10,13-15,17H,6,8-9,11-12H2,1-5H3/t17-/m0/s1. The Bertz CT molecular complexity index is 630. The number of methoxy groups -OCH3 is 2. The zero-order valence-electron chi connectivity index (χ0n) is 17.3. The molecule has 0 radical (unpaired) electrons. The van der Waals surface area contributed by atoms with E-state index in [1.807, 2.05) is 12.1 Å². The lowest BCUT2D eigenvalue weighted by Gasteiger charge is -2.23. The highest BCUT2D eigenvalue weighted by Crippen LogP contribution is 2.39. The van der Waals surface area contributed by atoms with Gasteiger partial charge in [-0.05, 0) is 28.8 Å². The third-order valence-electron chi connectivity index (χ3n) is 3.90. The number of hydrogen-bond donors (Lipinski definition) is 0. The largest absolute Gasteiger partial charge is 0.493 e. The Morgan fingerprint density at radius 3 is 2.50 bits per heavy atom. The zero-order chi connectivity index (χ0) is 20.9. The van der Waals surface area contributed by atoms with Crippen molar-refractivity contribution in [3.63, 3.8) is 0 Å². The molecule has 7 heteroatoms. The number of carbonyl (C=O) groups is 1. The summed E-state index contributed by atoms with van der Waals surface area (Å²) >= 11 is 3.53. The normalized spacial score (nSPS) is 12.2. The molecular weight excluding hydrogens is 428 g/mol. The van der Waals surface area contributed by atoms with Gasteiger partial charge in [0.2, 0.25) is 0 Å². The molecular formula is C21H31BrO6. The molecule has 0 amide bonds. The van der Waals surface area contributed by atoms with Crippen molar-refractivity contribution < 1.29 is 28.5 Å². The first-order chi connectivity index (χ1) is 13.4. The molecule has 0 spiro atoms. The molecule has 0 aliphatic carbocycles. The Morgan fingerprint density at radius 1 is 1.14 bits per heavy atom. The average Bonchev–Trinajstić information content (AvgIpc) is 2.66. The van der Waals surface area contributed by atoms with Gasteiger partial charge in [-0.25, -0.2) is 4.79 Å². The van der Waals surface area contributed by atoms with Gasteiger partial charge in [0.15, 0.2) is 11.5 Å². The first-order valence-electron chi connectivity index (χ1n) is 9.42. The maximum absolute atomic E-state index is 11.5.